The van der Waals surface area contributed by atoms with Crippen LogP contribution in [0.4, 0.5) is 0 Å². The number of benzene rings is 1. The minimum absolute atomic E-state index is 0.173. The zero-order valence-corrected chi connectivity index (χ0v) is 13.9. The quantitative estimate of drug-likeness (QED) is 0.925. The van der Waals surface area contributed by atoms with Gasteiger partial charge in [-0.05, 0) is 64.4 Å². The highest BCUT2D eigenvalue weighted by Crippen LogP contribution is 2.30. The van der Waals surface area contributed by atoms with E-state index < -0.39 is 0 Å². The minimum atomic E-state index is 0.173. The third-order valence-corrected chi connectivity index (χ3v) is 4.68. The fourth-order valence-electron chi connectivity index (χ4n) is 2.97. The molecule has 5 heteroatoms. The van der Waals surface area contributed by atoms with Gasteiger partial charge in [0.15, 0.2) is 0 Å². The zero-order valence-electron chi connectivity index (χ0n) is 12.4. The number of halogens is 2. The Labute approximate surface area is 131 Å². The van der Waals surface area contributed by atoms with E-state index in [1.54, 1.807) is 0 Å². The average Bonchev–Trinajstić information content (AvgIpc) is 2.57. The zero-order chi connectivity index (χ0) is 14.7. The van der Waals surface area contributed by atoms with Gasteiger partial charge in [-0.1, -0.05) is 23.2 Å². The smallest absolute Gasteiger partial charge is 0.0503 e. The average molecular weight is 316 g/mol. The third-order valence-electron chi connectivity index (χ3n) is 4.10. The molecule has 1 heterocycles. The van der Waals surface area contributed by atoms with Gasteiger partial charge in [-0.15, -0.1) is 0 Å². The lowest BCUT2D eigenvalue weighted by atomic mass is 9.98. The Hall–Kier alpha value is -0.320. The minimum Gasteiger partial charge on any atom is -0.312 e. The molecule has 0 spiro atoms. The molecule has 1 aromatic carbocycles. The summed E-state index contributed by atoms with van der Waals surface area (Å²) in [6, 6.07) is 6.24. The van der Waals surface area contributed by atoms with Gasteiger partial charge >= 0.3 is 0 Å². The van der Waals surface area contributed by atoms with Crippen LogP contribution in [0.25, 0.3) is 0 Å². The largest absolute Gasteiger partial charge is 0.312 e. The summed E-state index contributed by atoms with van der Waals surface area (Å²) in [5, 5.41) is 4.93. The van der Waals surface area contributed by atoms with E-state index in [2.05, 4.69) is 29.2 Å². The fraction of sp³-hybridized carbons (Fsp3) is 0.600. The Balaban J connectivity index is 2.32. The number of nitrogens with one attached hydrogen (secondary N) is 1. The van der Waals surface area contributed by atoms with Crippen molar-refractivity contribution in [1.29, 1.82) is 0 Å². The van der Waals surface area contributed by atoms with Gasteiger partial charge in [0.05, 0.1) is 6.04 Å². The van der Waals surface area contributed by atoms with Gasteiger partial charge < -0.3 is 15.1 Å². The van der Waals surface area contributed by atoms with E-state index in [1.165, 1.54) is 6.42 Å². The number of hydrogen-bond donors (Lipinski definition) is 1. The molecule has 1 aliphatic rings. The standard InChI is InChI=1S/C15H23Cl2N3/c1-18-15(12-9-11(16)5-6-13(12)17)14-10-19(2)7-4-8-20(14)3/h5-6,9,14-15,18H,4,7-8,10H2,1-3H3. The first-order valence-corrected chi connectivity index (χ1v) is 7.79. The molecule has 3 nitrogen and oxygen atoms in total. The van der Waals surface area contributed by atoms with Crippen LogP contribution in [0.2, 0.25) is 10.0 Å². The predicted molar refractivity (Wildman–Crippen MR) is 86.8 cm³/mol. The molecular formula is C15H23Cl2N3. The topological polar surface area (TPSA) is 18.5 Å². The van der Waals surface area contributed by atoms with Crippen molar-refractivity contribution in [2.24, 2.45) is 0 Å². The SMILES string of the molecule is CNC(c1cc(Cl)ccc1Cl)C1CN(C)CCCN1C. The van der Waals surface area contributed by atoms with Crippen molar-refractivity contribution >= 4 is 23.2 Å². The molecule has 0 aromatic heterocycles. The summed E-state index contributed by atoms with van der Waals surface area (Å²) in [5.74, 6) is 0. The molecule has 112 valence electrons. The summed E-state index contributed by atoms with van der Waals surface area (Å²) < 4.78 is 0. The van der Waals surface area contributed by atoms with Crippen LogP contribution in [0.3, 0.4) is 0 Å². The van der Waals surface area contributed by atoms with Gasteiger partial charge in [-0.3, -0.25) is 0 Å². The van der Waals surface area contributed by atoms with Gasteiger partial charge in [0.2, 0.25) is 0 Å². The maximum Gasteiger partial charge on any atom is 0.0503 e. The summed E-state index contributed by atoms with van der Waals surface area (Å²) >= 11 is 12.5. The third kappa shape index (κ3) is 3.66. The van der Waals surface area contributed by atoms with E-state index in [9.17, 15) is 0 Å². The molecule has 1 saturated heterocycles. The molecule has 2 atom stereocenters. The van der Waals surface area contributed by atoms with Crippen molar-refractivity contribution in [2.45, 2.75) is 18.5 Å². The molecular weight excluding hydrogens is 293 g/mol. The summed E-state index contributed by atoms with van der Waals surface area (Å²) in [5.41, 5.74) is 1.08. The van der Waals surface area contributed by atoms with Gasteiger partial charge in [0.25, 0.3) is 0 Å². The van der Waals surface area contributed by atoms with Crippen LogP contribution >= 0.6 is 23.2 Å². The maximum absolute atomic E-state index is 6.38. The van der Waals surface area contributed by atoms with Crippen LogP contribution in [-0.2, 0) is 0 Å². The summed E-state index contributed by atoms with van der Waals surface area (Å²) in [6.07, 6.45) is 1.20. The molecule has 0 radical (unpaired) electrons. The summed E-state index contributed by atoms with van der Waals surface area (Å²) in [6.45, 7) is 3.26. The Morgan fingerprint density at radius 3 is 2.70 bits per heavy atom. The number of likely N-dealkylation sites (N-methyl/N-ethyl adjacent to an activating group) is 3. The maximum atomic E-state index is 6.38. The first-order chi connectivity index (χ1) is 9.52. The molecule has 2 unspecified atom stereocenters. The van der Waals surface area contributed by atoms with Crippen LogP contribution in [-0.4, -0.2) is 56.6 Å². The van der Waals surface area contributed by atoms with Gasteiger partial charge in [-0.2, -0.15) is 0 Å². The second-order valence-corrected chi connectivity index (χ2v) is 6.44. The van der Waals surface area contributed by atoms with Crippen LogP contribution in [0, 0.1) is 0 Å². The highest BCUT2D eigenvalue weighted by molar-refractivity contribution is 6.33. The second-order valence-electron chi connectivity index (χ2n) is 5.60. The molecule has 0 bridgehead atoms. The van der Waals surface area contributed by atoms with Gasteiger partial charge in [-0.25, -0.2) is 0 Å². The van der Waals surface area contributed by atoms with Crippen LogP contribution in [0.15, 0.2) is 18.2 Å². The van der Waals surface area contributed by atoms with Crippen LogP contribution in [0.1, 0.15) is 18.0 Å². The predicted octanol–water partition coefficient (Wildman–Crippen LogP) is 2.89. The molecule has 1 aromatic rings. The van der Waals surface area contributed by atoms with Gasteiger partial charge in [0.1, 0.15) is 0 Å². The van der Waals surface area contributed by atoms with E-state index in [0.29, 0.717) is 6.04 Å². The first kappa shape index (κ1) is 16.1. The summed E-state index contributed by atoms with van der Waals surface area (Å²) in [7, 11) is 6.35. The number of nitrogens with zero attached hydrogens (tertiary/aromatic N) is 2. The van der Waals surface area contributed by atoms with E-state index in [4.69, 9.17) is 23.2 Å². The summed E-state index contributed by atoms with van der Waals surface area (Å²) in [4.78, 5) is 4.80. The van der Waals surface area contributed by atoms with E-state index in [0.717, 1.165) is 35.2 Å². The van der Waals surface area contributed by atoms with Crippen molar-refractivity contribution in [3.63, 3.8) is 0 Å². The Kier molecular flexibility index (Phi) is 5.70. The Bertz CT molecular complexity index is 453. The van der Waals surface area contributed by atoms with Crippen molar-refractivity contribution in [3.8, 4) is 0 Å². The molecule has 1 aliphatic heterocycles. The van der Waals surface area contributed by atoms with E-state index >= 15 is 0 Å². The van der Waals surface area contributed by atoms with Gasteiger partial charge in [0, 0.05) is 22.6 Å². The number of hydrogen-bond acceptors (Lipinski definition) is 3. The van der Waals surface area contributed by atoms with Crippen molar-refractivity contribution in [3.05, 3.63) is 33.8 Å². The van der Waals surface area contributed by atoms with Crippen molar-refractivity contribution < 1.29 is 0 Å². The molecule has 1 N–H and O–H groups in total. The van der Waals surface area contributed by atoms with Crippen LogP contribution < -0.4 is 5.32 Å². The van der Waals surface area contributed by atoms with Crippen LogP contribution in [0.5, 0.6) is 0 Å². The molecule has 0 saturated carbocycles. The number of rotatable bonds is 3. The molecule has 20 heavy (non-hydrogen) atoms. The highest BCUT2D eigenvalue weighted by Gasteiger charge is 2.29. The normalized spacial score (nSPS) is 23.6. The Morgan fingerprint density at radius 1 is 1.25 bits per heavy atom. The monoisotopic (exact) mass is 315 g/mol. The van der Waals surface area contributed by atoms with Crippen molar-refractivity contribution in [1.82, 2.24) is 15.1 Å². The lowest BCUT2D eigenvalue weighted by Gasteiger charge is -2.35. The van der Waals surface area contributed by atoms with E-state index in [-0.39, 0.29) is 6.04 Å². The second kappa shape index (κ2) is 7.10. The van der Waals surface area contributed by atoms with Crippen molar-refractivity contribution in [2.75, 3.05) is 40.8 Å². The fourth-order valence-corrected chi connectivity index (χ4v) is 3.39. The molecule has 0 aliphatic carbocycles. The highest BCUT2D eigenvalue weighted by atomic mass is 35.5. The lowest BCUT2D eigenvalue weighted by Crippen LogP contribution is -2.46. The lowest BCUT2D eigenvalue weighted by molar-refractivity contribution is 0.182. The molecule has 2 rings (SSSR count). The Morgan fingerprint density at radius 2 is 2.00 bits per heavy atom. The molecule has 0 amide bonds. The molecule has 1 fully saturated rings. The first-order valence-electron chi connectivity index (χ1n) is 7.04. The van der Waals surface area contributed by atoms with E-state index in [1.807, 2.05) is 25.2 Å².